The summed E-state index contributed by atoms with van der Waals surface area (Å²) in [5, 5.41) is 19.2. The maximum Gasteiger partial charge on any atom is 0.305 e. The molecule has 4 atom stereocenters. The number of carbonyl (C=O) groups excluding carboxylic acids is 1. The minimum absolute atomic E-state index is 0.119. The van der Waals surface area contributed by atoms with Gasteiger partial charge in [0.2, 0.25) is 0 Å². The van der Waals surface area contributed by atoms with Gasteiger partial charge in [0.05, 0.1) is 13.2 Å². The molecule has 1 fully saturated rings. The van der Waals surface area contributed by atoms with Gasteiger partial charge in [-0.15, -0.1) is 0 Å². The highest BCUT2D eigenvalue weighted by atomic mass is 16.5. The molecule has 0 amide bonds. The standard InChI is InChI=1S/C22H36O4/c1-26-22(25)12-8-7-10-17-14-18-16-21(24)19(20(18)15-17)11-6-4-2-3-5-9-13-23/h6,11,14,18-21,23-24H,2-5,7-10,12-13,15-16H2,1H3/t18-,19?,20+,21?/m1/s1. The first-order valence-corrected chi connectivity index (χ1v) is 10.4. The Morgan fingerprint density at radius 2 is 2.04 bits per heavy atom. The molecule has 2 aliphatic carbocycles. The molecular formula is C22H36O4. The van der Waals surface area contributed by atoms with Crippen LogP contribution in [-0.2, 0) is 9.53 Å². The van der Waals surface area contributed by atoms with E-state index in [0.717, 1.165) is 57.8 Å². The van der Waals surface area contributed by atoms with Crippen molar-refractivity contribution in [3.05, 3.63) is 23.8 Å². The molecule has 0 heterocycles. The van der Waals surface area contributed by atoms with E-state index in [1.165, 1.54) is 19.1 Å². The third-order valence-electron chi connectivity index (χ3n) is 5.94. The summed E-state index contributed by atoms with van der Waals surface area (Å²) < 4.78 is 4.68. The van der Waals surface area contributed by atoms with Crippen LogP contribution in [0.3, 0.4) is 0 Å². The molecule has 0 aromatic carbocycles. The van der Waals surface area contributed by atoms with Gasteiger partial charge < -0.3 is 14.9 Å². The Morgan fingerprint density at radius 1 is 1.23 bits per heavy atom. The molecule has 2 aliphatic rings. The Morgan fingerprint density at radius 3 is 2.81 bits per heavy atom. The van der Waals surface area contributed by atoms with Crippen molar-refractivity contribution >= 4 is 5.97 Å². The van der Waals surface area contributed by atoms with Crippen LogP contribution in [0.15, 0.2) is 23.8 Å². The van der Waals surface area contributed by atoms with Crippen LogP contribution in [0.2, 0.25) is 0 Å². The first-order chi connectivity index (χ1) is 12.7. The fourth-order valence-corrected chi connectivity index (χ4v) is 4.49. The lowest BCUT2D eigenvalue weighted by Gasteiger charge is -2.18. The summed E-state index contributed by atoms with van der Waals surface area (Å²) in [7, 11) is 1.44. The van der Waals surface area contributed by atoms with E-state index in [1.54, 1.807) is 0 Å². The molecule has 0 aromatic rings. The molecule has 4 heteroatoms. The van der Waals surface area contributed by atoms with Gasteiger partial charge in [-0.1, -0.05) is 36.6 Å². The van der Waals surface area contributed by atoms with E-state index in [2.05, 4.69) is 23.0 Å². The molecule has 2 unspecified atom stereocenters. The molecule has 148 valence electrons. The van der Waals surface area contributed by atoms with E-state index in [4.69, 9.17) is 5.11 Å². The molecule has 0 radical (unpaired) electrons. The Hall–Kier alpha value is -1.13. The van der Waals surface area contributed by atoms with Gasteiger partial charge in [0.15, 0.2) is 0 Å². The quantitative estimate of drug-likeness (QED) is 0.310. The number of hydrogen-bond donors (Lipinski definition) is 2. The molecule has 26 heavy (non-hydrogen) atoms. The number of allylic oxidation sites excluding steroid dienone is 3. The first kappa shape index (κ1) is 21.2. The lowest BCUT2D eigenvalue weighted by atomic mass is 9.88. The molecule has 1 saturated carbocycles. The van der Waals surface area contributed by atoms with Crippen LogP contribution >= 0.6 is 0 Å². The first-order valence-electron chi connectivity index (χ1n) is 10.4. The Balaban J connectivity index is 1.68. The lowest BCUT2D eigenvalue weighted by molar-refractivity contribution is -0.140. The van der Waals surface area contributed by atoms with E-state index < -0.39 is 0 Å². The number of unbranched alkanes of at least 4 members (excludes halogenated alkanes) is 5. The van der Waals surface area contributed by atoms with Crippen LogP contribution in [-0.4, -0.2) is 36.0 Å². The Kier molecular flexibility index (Phi) is 9.41. The number of aliphatic hydroxyl groups excluding tert-OH is 2. The molecular weight excluding hydrogens is 328 g/mol. The number of esters is 1. The van der Waals surface area contributed by atoms with E-state index in [0.29, 0.717) is 30.8 Å². The summed E-state index contributed by atoms with van der Waals surface area (Å²) >= 11 is 0. The highest BCUT2D eigenvalue weighted by molar-refractivity contribution is 5.68. The minimum Gasteiger partial charge on any atom is -0.469 e. The van der Waals surface area contributed by atoms with E-state index in [-0.39, 0.29) is 12.1 Å². The second-order valence-electron chi connectivity index (χ2n) is 7.88. The maximum atomic E-state index is 11.2. The van der Waals surface area contributed by atoms with Crippen molar-refractivity contribution in [2.75, 3.05) is 13.7 Å². The van der Waals surface area contributed by atoms with Crippen molar-refractivity contribution < 1.29 is 19.7 Å². The summed E-state index contributed by atoms with van der Waals surface area (Å²) in [5.41, 5.74) is 1.51. The normalized spacial score (nSPS) is 27.7. The number of aliphatic hydroxyl groups is 2. The Labute approximate surface area is 158 Å². The predicted octanol–water partition coefficient (Wildman–Crippen LogP) is 4.16. The van der Waals surface area contributed by atoms with Crippen LogP contribution in [0, 0.1) is 17.8 Å². The average molecular weight is 365 g/mol. The van der Waals surface area contributed by atoms with Crippen molar-refractivity contribution in [1.29, 1.82) is 0 Å². The fourth-order valence-electron chi connectivity index (χ4n) is 4.49. The monoisotopic (exact) mass is 364 g/mol. The molecule has 2 N–H and O–H groups in total. The highest BCUT2D eigenvalue weighted by Crippen LogP contribution is 2.48. The van der Waals surface area contributed by atoms with Gasteiger partial charge in [-0.2, -0.15) is 0 Å². The number of hydrogen-bond acceptors (Lipinski definition) is 4. The summed E-state index contributed by atoms with van der Waals surface area (Å²) in [5.74, 6) is 1.26. The molecule has 0 aromatic heterocycles. The van der Waals surface area contributed by atoms with Gasteiger partial charge in [0.1, 0.15) is 0 Å². The van der Waals surface area contributed by atoms with E-state index in [9.17, 15) is 9.90 Å². The second kappa shape index (κ2) is 11.6. The van der Waals surface area contributed by atoms with Crippen molar-refractivity contribution in [2.24, 2.45) is 17.8 Å². The van der Waals surface area contributed by atoms with Crippen molar-refractivity contribution in [3.8, 4) is 0 Å². The van der Waals surface area contributed by atoms with Crippen molar-refractivity contribution in [1.82, 2.24) is 0 Å². The van der Waals surface area contributed by atoms with Gasteiger partial charge in [0.25, 0.3) is 0 Å². The minimum atomic E-state index is -0.201. The van der Waals surface area contributed by atoms with Crippen molar-refractivity contribution in [3.63, 3.8) is 0 Å². The SMILES string of the molecule is COC(=O)CCCCC1=C[C@@H]2CC(O)C(C=CCCCCCCO)[C@H]2C1. The van der Waals surface area contributed by atoms with Crippen molar-refractivity contribution in [2.45, 2.75) is 76.7 Å². The zero-order valence-corrected chi connectivity index (χ0v) is 16.2. The van der Waals surface area contributed by atoms with Crippen LogP contribution in [0.25, 0.3) is 0 Å². The highest BCUT2D eigenvalue weighted by Gasteiger charge is 2.42. The topological polar surface area (TPSA) is 66.8 Å². The zero-order chi connectivity index (χ0) is 18.8. The molecule has 0 saturated heterocycles. The summed E-state index contributed by atoms with van der Waals surface area (Å²) in [6.45, 7) is 0.297. The van der Waals surface area contributed by atoms with Crippen LogP contribution in [0.1, 0.15) is 70.6 Å². The van der Waals surface area contributed by atoms with Crippen LogP contribution < -0.4 is 0 Å². The molecule has 2 rings (SSSR count). The summed E-state index contributed by atoms with van der Waals surface area (Å²) in [4.78, 5) is 11.2. The fraction of sp³-hybridized carbons (Fsp3) is 0.773. The zero-order valence-electron chi connectivity index (χ0n) is 16.2. The number of methoxy groups -OCH3 is 1. The van der Waals surface area contributed by atoms with E-state index >= 15 is 0 Å². The number of rotatable bonds is 12. The number of ether oxygens (including phenoxy) is 1. The number of carbonyl (C=O) groups is 1. The van der Waals surface area contributed by atoms with E-state index in [1.807, 2.05) is 0 Å². The summed E-state index contributed by atoms with van der Waals surface area (Å²) in [6, 6.07) is 0. The third-order valence-corrected chi connectivity index (χ3v) is 5.94. The van der Waals surface area contributed by atoms with Gasteiger partial charge in [0, 0.05) is 18.9 Å². The third kappa shape index (κ3) is 6.55. The molecule has 4 nitrogen and oxygen atoms in total. The van der Waals surface area contributed by atoms with Crippen LogP contribution in [0.4, 0.5) is 0 Å². The average Bonchev–Trinajstić information content (AvgIpc) is 3.15. The molecule has 0 aliphatic heterocycles. The Bertz CT molecular complexity index is 483. The molecule has 0 spiro atoms. The largest absolute Gasteiger partial charge is 0.469 e. The number of fused-ring (bicyclic) bond motifs is 1. The van der Waals surface area contributed by atoms with Gasteiger partial charge in [-0.05, 0) is 63.2 Å². The lowest BCUT2D eigenvalue weighted by Crippen LogP contribution is -2.17. The molecule has 0 bridgehead atoms. The van der Waals surface area contributed by atoms with Gasteiger partial charge in [-0.3, -0.25) is 4.79 Å². The van der Waals surface area contributed by atoms with Gasteiger partial charge >= 0.3 is 5.97 Å². The second-order valence-corrected chi connectivity index (χ2v) is 7.88. The summed E-state index contributed by atoms with van der Waals surface area (Å²) in [6.07, 6.45) is 17.6. The van der Waals surface area contributed by atoms with Crippen LogP contribution in [0.5, 0.6) is 0 Å². The van der Waals surface area contributed by atoms with Gasteiger partial charge in [-0.25, -0.2) is 0 Å². The predicted molar refractivity (Wildman–Crippen MR) is 104 cm³/mol. The smallest absolute Gasteiger partial charge is 0.305 e. The maximum absolute atomic E-state index is 11.2.